The van der Waals surface area contributed by atoms with Crippen LogP contribution in [0.2, 0.25) is 0 Å². The zero-order valence-electron chi connectivity index (χ0n) is 20.0. The van der Waals surface area contributed by atoms with Crippen molar-refractivity contribution >= 4 is 17.8 Å². The van der Waals surface area contributed by atoms with Crippen molar-refractivity contribution in [3.05, 3.63) is 71.5 Å². The van der Waals surface area contributed by atoms with Crippen LogP contribution in [0.15, 0.2) is 54.6 Å². The van der Waals surface area contributed by atoms with E-state index < -0.39 is 0 Å². The lowest BCUT2D eigenvalue weighted by molar-refractivity contribution is 0.0103. The Morgan fingerprint density at radius 1 is 0.714 bits per heavy atom. The highest BCUT2D eigenvalue weighted by atomic mass is 19.1. The fraction of sp³-hybridized carbons (Fsp3) is 0.464. The molecule has 0 radical (unpaired) electrons. The third-order valence-corrected chi connectivity index (χ3v) is 7.95. The minimum absolute atomic E-state index is 0.117. The Morgan fingerprint density at radius 3 is 1.97 bits per heavy atom. The van der Waals surface area contributed by atoms with E-state index in [1.54, 1.807) is 12.1 Å². The minimum atomic E-state index is -0.235. The molecule has 0 saturated heterocycles. The van der Waals surface area contributed by atoms with Gasteiger partial charge in [0, 0.05) is 18.6 Å². The zero-order valence-corrected chi connectivity index (χ0v) is 20.0. The number of hydrogen-bond acceptors (Lipinski definition) is 6. The number of anilines is 3. The van der Waals surface area contributed by atoms with Crippen molar-refractivity contribution in [2.24, 2.45) is 17.8 Å². The molecule has 4 aliphatic carbocycles. The standard InChI is InChI=1S/C28H33FN6/c29-24-8-6-20(7-9-24)18-31-26-32-25(30-11-10-19-4-2-1-3-5-19)33-27(34-26)35-28-15-21-12-22(16-28)14-23(13-21)17-28/h1-9,21-23H,10-18H2,(H3,30,31,32,33,34,35). The molecule has 4 bridgehead atoms. The number of hydrogen-bond donors (Lipinski definition) is 3. The van der Waals surface area contributed by atoms with Crippen molar-refractivity contribution in [2.75, 3.05) is 22.5 Å². The fourth-order valence-electron chi connectivity index (χ4n) is 6.84. The van der Waals surface area contributed by atoms with Crippen molar-refractivity contribution in [3.8, 4) is 0 Å². The van der Waals surface area contributed by atoms with Gasteiger partial charge < -0.3 is 16.0 Å². The van der Waals surface area contributed by atoms with Gasteiger partial charge in [-0.15, -0.1) is 0 Å². The Balaban J connectivity index is 1.19. The quantitative estimate of drug-likeness (QED) is 0.373. The van der Waals surface area contributed by atoms with Gasteiger partial charge in [-0.05, 0) is 86.0 Å². The van der Waals surface area contributed by atoms with Crippen LogP contribution in [0, 0.1) is 23.6 Å². The molecule has 4 fully saturated rings. The molecule has 7 rings (SSSR count). The molecule has 0 atom stereocenters. The molecule has 0 aliphatic heterocycles. The van der Waals surface area contributed by atoms with Gasteiger partial charge in [-0.25, -0.2) is 4.39 Å². The van der Waals surface area contributed by atoms with Gasteiger partial charge in [-0.1, -0.05) is 42.5 Å². The monoisotopic (exact) mass is 472 g/mol. The molecule has 1 aromatic heterocycles. The Hall–Kier alpha value is -3.22. The van der Waals surface area contributed by atoms with Crippen molar-refractivity contribution < 1.29 is 4.39 Å². The van der Waals surface area contributed by atoms with Gasteiger partial charge >= 0.3 is 0 Å². The summed E-state index contributed by atoms with van der Waals surface area (Å²) in [6.45, 7) is 1.26. The summed E-state index contributed by atoms with van der Waals surface area (Å²) in [5.74, 6) is 4.04. The van der Waals surface area contributed by atoms with Gasteiger partial charge in [0.25, 0.3) is 0 Å². The van der Waals surface area contributed by atoms with Crippen LogP contribution >= 0.6 is 0 Å². The maximum absolute atomic E-state index is 13.3. The van der Waals surface area contributed by atoms with Crippen LogP contribution in [-0.2, 0) is 13.0 Å². The summed E-state index contributed by atoms with van der Waals surface area (Å²) in [6, 6.07) is 16.9. The van der Waals surface area contributed by atoms with E-state index in [1.807, 2.05) is 6.07 Å². The minimum Gasteiger partial charge on any atom is -0.354 e. The molecular formula is C28H33FN6. The average molecular weight is 473 g/mol. The molecule has 0 amide bonds. The maximum atomic E-state index is 13.3. The molecule has 7 heteroatoms. The predicted octanol–water partition coefficient (Wildman–Crippen LogP) is 5.66. The summed E-state index contributed by atoms with van der Waals surface area (Å²) in [5, 5.41) is 10.5. The summed E-state index contributed by atoms with van der Waals surface area (Å²) in [7, 11) is 0. The molecule has 35 heavy (non-hydrogen) atoms. The summed E-state index contributed by atoms with van der Waals surface area (Å²) < 4.78 is 13.3. The number of halogens is 1. The van der Waals surface area contributed by atoms with E-state index in [1.165, 1.54) is 56.2 Å². The molecule has 6 nitrogen and oxygen atoms in total. The number of nitrogens with one attached hydrogen (secondary N) is 3. The number of benzene rings is 2. The van der Waals surface area contributed by atoms with Gasteiger partial charge in [0.1, 0.15) is 5.82 Å². The van der Waals surface area contributed by atoms with Crippen LogP contribution in [0.3, 0.4) is 0 Å². The Bertz CT molecular complexity index is 1110. The highest BCUT2D eigenvalue weighted by Crippen LogP contribution is 2.56. The van der Waals surface area contributed by atoms with Gasteiger partial charge in [-0.2, -0.15) is 15.0 Å². The summed E-state index contributed by atoms with van der Waals surface area (Å²) >= 11 is 0. The van der Waals surface area contributed by atoms with E-state index in [9.17, 15) is 4.39 Å². The third kappa shape index (κ3) is 5.24. The number of nitrogens with zero attached hydrogens (tertiary/aromatic N) is 3. The molecule has 3 aromatic rings. The molecule has 4 aliphatic rings. The second-order valence-corrected chi connectivity index (χ2v) is 10.8. The Kier molecular flexibility index (Phi) is 6.00. The van der Waals surface area contributed by atoms with Crippen LogP contribution in [0.5, 0.6) is 0 Å². The van der Waals surface area contributed by atoms with Gasteiger partial charge in [0.2, 0.25) is 17.8 Å². The topological polar surface area (TPSA) is 74.8 Å². The van der Waals surface area contributed by atoms with Crippen LogP contribution < -0.4 is 16.0 Å². The zero-order chi connectivity index (χ0) is 23.7. The lowest BCUT2D eigenvalue weighted by Gasteiger charge is -2.56. The van der Waals surface area contributed by atoms with Gasteiger partial charge in [0.05, 0.1) is 0 Å². The smallest absolute Gasteiger partial charge is 0.229 e. The van der Waals surface area contributed by atoms with Crippen LogP contribution in [0.4, 0.5) is 22.2 Å². The molecule has 4 saturated carbocycles. The molecule has 2 aromatic carbocycles. The summed E-state index contributed by atoms with van der Waals surface area (Å²) in [4.78, 5) is 14.2. The van der Waals surface area contributed by atoms with Crippen LogP contribution in [-0.4, -0.2) is 27.0 Å². The first kappa shape index (κ1) is 22.3. The molecule has 0 unspecified atom stereocenters. The van der Waals surface area contributed by atoms with Crippen molar-refractivity contribution in [3.63, 3.8) is 0 Å². The Morgan fingerprint density at radius 2 is 1.31 bits per heavy atom. The van der Waals surface area contributed by atoms with E-state index in [0.29, 0.717) is 24.4 Å². The molecule has 0 spiro atoms. The normalized spacial score (nSPS) is 26.5. The largest absolute Gasteiger partial charge is 0.354 e. The van der Waals surface area contributed by atoms with Gasteiger partial charge in [-0.3, -0.25) is 0 Å². The Labute approximate surface area is 206 Å². The van der Waals surface area contributed by atoms with E-state index in [2.05, 4.69) is 45.2 Å². The molecular weight excluding hydrogens is 439 g/mol. The maximum Gasteiger partial charge on any atom is 0.229 e. The third-order valence-electron chi connectivity index (χ3n) is 7.95. The first-order chi connectivity index (χ1) is 17.1. The summed E-state index contributed by atoms with van der Waals surface area (Å²) in [5.41, 5.74) is 2.36. The van der Waals surface area contributed by atoms with Gasteiger partial charge in [0.15, 0.2) is 0 Å². The molecule has 1 heterocycles. The highest BCUT2D eigenvalue weighted by Gasteiger charge is 2.51. The van der Waals surface area contributed by atoms with Crippen molar-refractivity contribution in [2.45, 2.75) is 57.0 Å². The van der Waals surface area contributed by atoms with E-state index in [4.69, 9.17) is 9.97 Å². The first-order valence-electron chi connectivity index (χ1n) is 12.9. The lowest BCUT2D eigenvalue weighted by atomic mass is 9.53. The number of rotatable bonds is 9. The molecule has 3 N–H and O–H groups in total. The second kappa shape index (κ2) is 9.44. The van der Waals surface area contributed by atoms with Crippen molar-refractivity contribution in [1.29, 1.82) is 0 Å². The fourth-order valence-corrected chi connectivity index (χ4v) is 6.84. The van der Waals surface area contributed by atoms with Crippen LogP contribution in [0.1, 0.15) is 49.7 Å². The second-order valence-electron chi connectivity index (χ2n) is 10.8. The van der Waals surface area contributed by atoms with E-state index >= 15 is 0 Å². The first-order valence-corrected chi connectivity index (χ1v) is 12.9. The van der Waals surface area contributed by atoms with Crippen molar-refractivity contribution in [1.82, 2.24) is 15.0 Å². The average Bonchev–Trinajstić information content (AvgIpc) is 2.83. The van der Waals surface area contributed by atoms with E-state index in [-0.39, 0.29) is 11.4 Å². The summed E-state index contributed by atoms with van der Waals surface area (Å²) in [6.07, 6.45) is 8.75. The van der Waals surface area contributed by atoms with Crippen LogP contribution in [0.25, 0.3) is 0 Å². The van der Waals surface area contributed by atoms with E-state index in [0.717, 1.165) is 36.3 Å². The predicted molar refractivity (Wildman–Crippen MR) is 137 cm³/mol. The highest BCUT2D eigenvalue weighted by molar-refractivity contribution is 5.44. The molecule has 182 valence electrons. The SMILES string of the molecule is Fc1ccc(CNc2nc(NCCc3ccccc3)nc(NC34CC5CC(CC(C5)C3)C4)n2)cc1. The lowest BCUT2D eigenvalue weighted by Crippen LogP contribution is -2.55. The number of aromatic nitrogens is 3.